The molecule has 2 aromatic rings. The summed E-state index contributed by atoms with van der Waals surface area (Å²) in [5.41, 5.74) is 2.65. The van der Waals surface area contributed by atoms with Gasteiger partial charge in [-0.25, -0.2) is 0 Å². The molecule has 2 rings (SSSR count). The summed E-state index contributed by atoms with van der Waals surface area (Å²) >= 11 is 0. The van der Waals surface area contributed by atoms with Gasteiger partial charge in [0.25, 0.3) is 0 Å². The Morgan fingerprint density at radius 2 is 1.73 bits per heavy atom. The average molecular weight is 354 g/mol. The Labute approximate surface area is 155 Å². The Kier molecular flexibility index (Phi) is 7.21. The van der Waals surface area contributed by atoms with Crippen molar-refractivity contribution in [1.29, 1.82) is 0 Å². The van der Waals surface area contributed by atoms with Crippen molar-refractivity contribution in [2.45, 2.75) is 33.6 Å². The third kappa shape index (κ3) is 5.34. The molecule has 0 heterocycles. The molecule has 0 saturated heterocycles. The Morgan fingerprint density at radius 3 is 2.35 bits per heavy atom. The molecule has 0 radical (unpaired) electrons. The van der Waals surface area contributed by atoms with Gasteiger partial charge in [0.2, 0.25) is 11.8 Å². The molecule has 0 fully saturated rings. The summed E-state index contributed by atoms with van der Waals surface area (Å²) in [5.74, 6) is 0.396. The molecule has 5 nitrogen and oxygen atoms in total. The molecule has 138 valence electrons. The highest BCUT2D eigenvalue weighted by Gasteiger charge is 2.14. The van der Waals surface area contributed by atoms with E-state index in [1.807, 2.05) is 49.4 Å². The Balaban J connectivity index is 2.00. The molecular formula is C21H26N2O3. The van der Waals surface area contributed by atoms with Crippen LogP contribution in [0.3, 0.4) is 0 Å². The first-order chi connectivity index (χ1) is 12.5. The fraction of sp³-hybridized carbons (Fsp3) is 0.333. The van der Waals surface area contributed by atoms with Crippen LogP contribution in [-0.2, 0) is 16.0 Å². The van der Waals surface area contributed by atoms with Gasteiger partial charge in [0.15, 0.2) is 0 Å². The van der Waals surface area contributed by atoms with Gasteiger partial charge in [0.1, 0.15) is 5.75 Å². The highest BCUT2D eigenvalue weighted by atomic mass is 16.5. The van der Waals surface area contributed by atoms with Gasteiger partial charge in [-0.3, -0.25) is 9.59 Å². The molecule has 0 spiro atoms. The minimum atomic E-state index is -0.159. The quantitative estimate of drug-likeness (QED) is 0.779. The van der Waals surface area contributed by atoms with Crippen LogP contribution in [0.15, 0.2) is 48.5 Å². The summed E-state index contributed by atoms with van der Waals surface area (Å²) in [6.07, 6.45) is 1.15. The first-order valence-electron chi connectivity index (χ1n) is 8.93. The summed E-state index contributed by atoms with van der Waals surface area (Å²) in [7, 11) is 0. The van der Waals surface area contributed by atoms with Crippen LogP contribution in [0.2, 0.25) is 0 Å². The monoisotopic (exact) mass is 354 g/mol. The van der Waals surface area contributed by atoms with Crippen molar-refractivity contribution in [1.82, 2.24) is 0 Å². The van der Waals surface area contributed by atoms with Crippen molar-refractivity contribution < 1.29 is 14.3 Å². The van der Waals surface area contributed by atoms with Crippen molar-refractivity contribution in [3.05, 3.63) is 54.1 Å². The maximum Gasteiger partial charge on any atom is 0.226 e. The number of rotatable bonds is 8. The van der Waals surface area contributed by atoms with E-state index in [-0.39, 0.29) is 18.2 Å². The number of amides is 2. The minimum absolute atomic E-state index is 0.0863. The van der Waals surface area contributed by atoms with Crippen LogP contribution in [0.5, 0.6) is 5.75 Å². The zero-order chi connectivity index (χ0) is 18.9. The molecule has 2 aromatic carbocycles. The van der Waals surface area contributed by atoms with E-state index in [2.05, 4.69) is 12.2 Å². The fourth-order valence-corrected chi connectivity index (χ4v) is 2.66. The SMILES string of the molecule is CCOc1ccccc1NC(=O)CCN(C(C)=O)c1ccc(CC)cc1. The third-order valence-corrected chi connectivity index (χ3v) is 4.06. The van der Waals surface area contributed by atoms with Crippen LogP contribution < -0.4 is 15.0 Å². The number of hydrogen-bond donors (Lipinski definition) is 1. The largest absolute Gasteiger partial charge is 0.492 e. The lowest BCUT2D eigenvalue weighted by atomic mass is 10.1. The highest BCUT2D eigenvalue weighted by Crippen LogP contribution is 2.24. The predicted octanol–water partition coefficient (Wildman–Crippen LogP) is 4.03. The normalized spacial score (nSPS) is 10.3. The second-order valence-electron chi connectivity index (χ2n) is 5.92. The lowest BCUT2D eigenvalue weighted by Crippen LogP contribution is -2.32. The second kappa shape index (κ2) is 9.61. The van der Waals surface area contributed by atoms with Gasteiger partial charge < -0.3 is 15.0 Å². The van der Waals surface area contributed by atoms with E-state index in [0.717, 1.165) is 12.1 Å². The van der Waals surface area contributed by atoms with E-state index in [1.54, 1.807) is 11.0 Å². The fourth-order valence-electron chi connectivity index (χ4n) is 2.66. The molecule has 0 atom stereocenters. The van der Waals surface area contributed by atoms with Crippen molar-refractivity contribution in [3.63, 3.8) is 0 Å². The Bertz CT molecular complexity index is 741. The van der Waals surface area contributed by atoms with Gasteiger partial charge >= 0.3 is 0 Å². The molecular weight excluding hydrogens is 328 g/mol. The van der Waals surface area contributed by atoms with E-state index >= 15 is 0 Å². The van der Waals surface area contributed by atoms with Crippen LogP contribution in [0.1, 0.15) is 32.8 Å². The summed E-state index contributed by atoms with van der Waals surface area (Å²) in [6.45, 7) is 6.34. The molecule has 0 aliphatic heterocycles. The molecule has 0 aliphatic carbocycles. The summed E-state index contributed by atoms with van der Waals surface area (Å²) in [5, 5.41) is 2.86. The van der Waals surface area contributed by atoms with E-state index in [9.17, 15) is 9.59 Å². The van der Waals surface area contributed by atoms with Crippen LogP contribution in [0.25, 0.3) is 0 Å². The number of para-hydroxylation sites is 2. The smallest absolute Gasteiger partial charge is 0.226 e. The molecule has 0 bridgehead atoms. The van der Waals surface area contributed by atoms with Gasteiger partial charge in [-0.05, 0) is 43.2 Å². The molecule has 0 unspecified atom stereocenters. The lowest BCUT2D eigenvalue weighted by Gasteiger charge is -2.21. The van der Waals surface area contributed by atoms with Crippen LogP contribution in [-0.4, -0.2) is 25.0 Å². The molecule has 0 saturated carbocycles. The van der Waals surface area contributed by atoms with Gasteiger partial charge in [0, 0.05) is 25.6 Å². The van der Waals surface area contributed by atoms with Crippen molar-refractivity contribution in [2.75, 3.05) is 23.4 Å². The molecule has 2 amide bonds. The number of carbonyl (C=O) groups is 2. The standard InChI is InChI=1S/C21H26N2O3/c1-4-17-10-12-18(13-11-17)23(16(3)24)15-14-21(25)22-19-8-6-7-9-20(19)26-5-2/h6-13H,4-5,14-15H2,1-3H3,(H,22,25). The number of hydrogen-bond acceptors (Lipinski definition) is 3. The van der Waals surface area contributed by atoms with Crippen LogP contribution in [0.4, 0.5) is 11.4 Å². The van der Waals surface area contributed by atoms with Gasteiger partial charge in [-0.15, -0.1) is 0 Å². The zero-order valence-corrected chi connectivity index (χ0v) is 15.6. The van der Waals surface area contributed by atoms with Crippen molar-refractivity contribution in [2.24, 2.45) is 0 Å². The number of anilines is 2. The molecule has 1 N–H and O–H groups in total. The number of nitrogens with zero attached hydrogens (tertiary/aromatic N) is 1. The van der Waals surface area contributed by atoms with Gasteiger partial charge in [-0.2, -0.15) is 0 Å². The maximum absolute atomic E-state index is 12.3. The molecule has 0 aliphatic rings. The van der Waals surface area contributed by atoms with Crippen molar-refractivity contribution in [3.8, 4) is 5.75 Å². The third-order valence-electron chi connectivity index (χ3n) is 4.06. The maximum atomic E-state index is 12.3. The average Bonchev–Trinajstić information content (AvgIpc) is 2.64. The first kappa shape index (κ1) is 19.5. The van der Waals surface area contributed by atoms with Crippen LogP contribution >= 0.6 is 0 Å². The molecule has 5 heteroatoms. The minimum Gasteiger partial charge on any atom is -0.492 e. The Morgan fingerprint density at radius 1 is 1.04 bits per heavy atom. The summed E-state index contributed by atoms with van der Waals surface area (Å²) in [6, 6.07) is 15.2. The van der Waals surface area contributed by atoms with E-state index in [0.29, 0.717) is 24.6 Å². The number of nitrogens with one attached hydrogen (secondary N) is 1. The highest BCUT2D eigenvalue weighted by molar-refractivity contribution is 5.95. The first-order valence-corrected chi connectivity index (χ1v) is 8.93. The van der Waals surface area contributed by atoms with E-state index in [1.165, 1.54) is 12.5 Å². The molecule has 0 aromatic heterocycles. The zero-order valence-electron chi connectivity index (χ0n) is 15.6. The number of aryl methyl sites for hydroxylation is 1. The number of carbonyl (C=O) groups excluding carboxylic acids is 2. The van der Waals surface area contributed by atoms with Gasteiger partial charge in [-0.1, -0.05) is 31.2 Å². The summed E-state index contributed by atoms with van der Waals surface area (Å²) < 4.78 is 5.51. The Hall–Kier alpha value is -2.82. The van der Waals surface area contributed by atoms with E-state index < -0.39 is 0 Å². The number of ether oxygens (including phenoxy) is 1. The molecule has 26 heavy (non-hydrogen) atoms. The van der Waals surface area contributed by atoms with Crippen molar-refractivity contribution >= 4 is 23.2 Å². The summed E-state index contributed by atoms with van der Waals surface area (Å²) in [4.78, 5) is 25.9. The van der Waals surface area contributed by atoms with Crippen LogP contribution in [0, 0.1) is 0 Å². The second-order valence-corrected chi connectivity index (χ2v) is 5.92. The van der Waals surface area contributed by atoms with Gasteiger partial charge in [0.05, 0.1) is 12.3 Å². The topological polar surface area (TPSA) is 58.6 Å². The number of benzene rings is 2. The lowest BCUT2D eigenvalue weighted by molar-refractivity contribution is -0.117. The van der Waals surface area contributed by atoms with E-state index in [4.69, 9.17) is 4.74 Å². The predicted molar refractivity (Wildman–Crippen MR) is 105 cm³/mol.